The van der Waals surface area contributed by atoms with E-state index in [0.717, 1.165) is 38.4 Å². The molecule has 0 bridgehead atoms. The number of thioether (sulfide) groups is 1. The lowest BCUT2D eigenvalue weighted by molar-refractivity contribution is 0.0997. The molecule has 1 amide bonds. The van der Waals surface area contributed by atoms with E-state index in [1.165, 1.54) is 0 Å². The predicted octanol–water partition coefficient (Wildman–Crippen LogP) is 5.41. The van der Waals surface area contributed by atoms with E-state index in [9.17, 15) is 4.79 Å². The summed E-state index contributed by atoms with van der Waals surface area (Å²) < 4.78 is 5.79. The minimum Gasteiger partial charge on any atom is -0.451 e. The SMILES string of the molecule is CCSc1ccccc1NC(=O)c1oc2cc(C)ccc2c1C. The molecule has 1 N–H and O–H groups in total. The van der Waals surface area contributed by atoms with Crippen LogP contribution in [0.3, 0.4) is 0 Å². The molecule has 3 aromatic rings. The molecule has 0 radical (unpaired) electrons. The molecule has 1 heterocycles. The molecule has 0 saturated carbocycles. The summed E-state index contributed by atoms with van der Waals surface area (Å²) in [4.78, 5) is 13.7. The second-order valence-corrected chi connectivity index (χ2v) is 6.74. The molecule has 0 unspecified atom stereocenters. The first kappa shape index (κ1) is 15.7. The van der Waals surface area contributed by atoms with Crippen molar-refractivity contribution in [2.24, 2.45) is 0 Å². The molecule has 23 heavy (non-hydrogen) atoms. The summed E-state index contributed by atoms with van der Waals surface area (Å²) in [6.45, 7) is 6.02. The number of rotatable bonds is 4. The van der Waals surface area contributed by atoms with Gasteiger partial charge in [0.15, 0.2) is 5.76 Å². The normalized spacial score (nSPS) is 10.9. The van der Waals surface area contributed by atoms with Crippen LogP contribution in [0.25, 0.3) is 11.0 Å². The van der Waals surface area contributed by atoms with E-state index in [0.29, 0.717) is 5.76 Å². The van der Waals surface area contributed by atoms with Crippen LogP contribution in [0, 0.1) is 13.8 Å². The van der Waals surface area contributed by atoms with Gasteiger partial charge in [-0.25, -0.2) is 0 Å². The van der Waals surface area contributed by atoms with Crippen molar-refractivity contribution in [1.82, 2.24) is 0 Å². The molecule has 0 atom stereocenters. The topological polar surface area (TPSA) is 42.2 Å². The van der Waals surface area contributed by atoms with Crippen LogP contribution < -0.4 is 5.32 Å². The van der Waals surface area contributed by atoms with Crippen LogP contribution in [-0.4, -0.2) is 11.7 Å². The number of carbonyl (C=O) groups is 1. The third kappa shape index (κ3) is 3.13. The summed E-state index contributed by atoms with van der Waals surface area (Å²) in [6.07, 6.45) is 0. The van der Waals surface area contributed by atoms with Crippen molar-refractivity contribution in [3.05, 3.63) is 59.4 Å². The summed E-state index contributed by atoms with van der Waals surface area (Å²) >= 11 is 1.70. The van der Waals surface area contributed by atoms with Gasteiger partial charge in [0, 0.05) is 15.8 Å². The van der Waals surface area contributed by atoms with Gasteiger partial charge >= 0.3 is 0 Å². The first-order valence-electron chi connectivity index (χ1n) is 7.63. The summed E-state index contributed by atoms with van der Waals surface area (Å²) in [5.41, 5.74) is 3.56. The van der Waals surface area contributed by atoms with Crippen LogP contribution in [0.5, 0.6) is 0 Å². The van der Waals surface area contributed by atoms with Crippen molar-refractivity contribution in [3.63, 3.8) is 0 Å². The molecule has 0 fully saturated rings. The molecule has 0 saturated heterocycles. The van der Waals surface area contributed by atoms with Crippen molar-refractivity contribution in [2.75, 3.05) is 11.1 Å². The summed E-state index contributed by atoms with van der Waals surface area (Å²) in [5.74, 6) is 1.12. The molecule has 0 aliphatic rings. The Balaban J connectivity index is 1.94. The Morgan fingerprint density at radius 1 is 1.17 bits per heavy atom. The highest BCUT2D eigenvalue weighted by Crippen LogP contribution is 2.29. The second kappa shape index (κ2) is 6.50. The molecule has 1 aromatic heterocycles. The van der Waals surface area contributed by atoms with Gasteiger partial charge < -0.3 is 9.73 Å². The van der Waals surface area contributed by atoms with Gasteiger partial charge in [-0.15, -0.1) is 11.8 Å². The number of amides is 1. The zero-order valence-corrected chi connectivity index (χ0v) is 14.3. The fraction of sp³-hybridized carbons (Fsp3) is 0.211. The van der Waals surface area contributed by atoms with Gasteiger partial charge in [0.25, 0.3) is 5.91 Å². The highest BCUT2D eigenvalue weighted by atomic mass is 32.2. The number of hydrogen-bond acceptors (Lipinski definition) is 3. The third-order valence-electron chi connectivity index (χ3n) is 3.74. The Morgan fingerprint density at radius 2 is 1.96 bits per heavy atom. The molecule has 118 valence electrons. The maximum absolute atomic E-state index is 12.6. The number of aryl methyl sites for hydroxylation is 2. The maximum Gasteiger partial charge on any atom is 0.291 e. The van der Waals surface area contributed by atoms with Gasteiger partial charge in [0.1, 0.15) is 5.58 Å². The summed E-state index contributed by atoms with van der Waals surface area (Å²) in [7, 11) is 0. The third-order valence-corrected chi connectivity index (χ3v) is 4.69. The molecule has 0 aliphatic heterocycles. The first-order valence-corrected chi connectivity index (χ1v) is 8.61. The van der Waals surface area contributed by atoms with Gasteiger partial charge in [0.2, 0.25) is 0 Å². The van der Waals surface area contributed by atoms with E-state index < -0.39 is 0 Å². The molecule has 4 heteroatoms. The molecule has 3 rings (SSSR count). The summed E-state index contributed by atoms with van der Waals surface area (Å²) in [5, 5.41) is 3.96. The largest absolute Gasteiger partial charge is 0.451 e. The number of furan rings is 1. The van der Waals surface area contributed by atoms with E-state index >= 15 is 0 Å². The van der Waals surface area contributed by atoms with Crippen molar-refractivity contribution in [2.45, 2.75) is 25.7 Å². The van der Waals surface area contributed by atoms with Crippen molar-refractivity contribution in [3.8, 4) is 0 Å². The number of fused-ring (bicyclic) bond motifs is 1. The van der Waals surface area contributed by atoms with Crippen LogP contribution in [0.1, 0.15) is 28.6 Å². The van der Waals surface area contributed by atoms with E-state index in [1.54, 1.807) is 11.8 Å². The Bertz CT molecular complexity index is 867. The molecule has 2 aromatic carbocycles. The molecule has 3 nitrogen and oxygen atoms in total. The number of nitrogens with one attached hydrogen (secondary N) is 1. The minimum absolute atomic E-state index is 0.208. The van der Waals surface area contributed by atoms with E-state index in [2.05, 4.69) is 12.2 Å². The lowest BCUT2D eigenvalue weighted by Crippen LogP contribution is -2.12. The Labute approximate surface area is 140 Å². The highest BCUT2D eigenvalue weighted by molar-refractivity contribution is 7.99. The van der Waals surface area contributed by atoms with Gasteiger partial charge in [-0.3, -0.25) is 4.79 Å². The quantitative estimate of drug-likeness (QED) is 0.652. The Hall–Kier alpha value is -2.20. The van der Waals surface area contributed by atoms with E-state index in [4.69, 9.17) is 4.42 Å². The van der Waals surface area contributed by atoms with Gasteiger partial charge in [0.05, 0.1) is 5.69 Å². The van der Waals surface area contributed by atoms with Gasteiger partial charge in [-0.2, -0.15) is 0 Å². The maximum atomic E-state index is 12.6. The average molecular weight is 325 g/mol. The molecular formula is C19H19NO2S. The number of hydrogen-bond donors (Lipinski definition) is 1. The number of para-hydroxylation sites is 1. The standard InChI is InChI=1S/C19H19NO2S/c1-4-23-17-8-6-5-7-15(17)20-19(21)18-13(3)14-10-9-12(2)11-16(14)22-18/h5-11H,4H2,1-3H3,(H,20,21). The molecule has 0 aliphatic carbocycles. The second-order valence-electron chi connectivity index (χ2n) is 5.44. The molecule has 0 spiro atoms. The van der Waals surface area contributed by atoms with E-state index in [-0.39, 0.29) is 5.91 Å². The zero-order chi connectivity index (χ0) is 16.4. The van der Waals surface area contributed by atoms with Crippen LogP contribution in [0.2, 0.25) is 0 Å². The van der Waals surface area contributed by atoms with Crippen LogP contribution in [0.4, 0.5) is 5.69 Å². The Morgan fingerprint density at radius 3 is 2.74 bits per heavy atom. The van der Waals surface area contributed by atoms with Crippen molar-refractivity contribution in [1.29, 1.82) is 0 Å². The number of carbonyl (C=O) groups excluding carboxylic acids is 1. The van der Waals surface area contributed by atoms with Crippen LogP contribution >= 0.6 is 11.8 Å². The fourth-order valence-corrected chi connectivity index (χ4v) is 3.34. The minimum atomic E-state index is -0.208. The van der Waals surface area contributed by atoms with Crippen LogP contribution in [0.15, 0.2) is 51.8 Å². The van der Waals surface area contributed by atoms with Crippen molar-refractivity contribution < 1.29 is 9.21 Å². The lowest BCUT2D eigenvalue weighted by atomic mass is 10.1. The van der Waals surface area contributed by atoms with Crippen LogP contribution in [-0.2, 0) is 0 Å². The van der Waals surface area contributed by atoms with Gasteiger partial charge in [-0.1, -0.05) is 31.2 Å². The lowest BCUT2D eigenvalue weighted by Gasteiger charge is -2.09. The highest BCUT2D eigenvalue weighted by Gasteiger charge is 2.18. The van der Waals surface area contributed by atoms with Crippen molar-refractivity contribution >= 4 is 34.3 Å². The summed E-state index contributed by atoms with van der Waals surface area (Å²) in [6, 6.07) is 13.8. The average Bonchev–Trinajstić information content (AvgIpc) is 2.86. The zero-order valence-electron chi connectivity index (χ0n) is 13.5. The van der Waals surface area contributed by atoms with E-state index in [1.807, 2.05) is 56.3 Å². The van der Waals surface area contributed by atoms with Gasteiger partial charge in [-0.05, 0) is 43.4 Å². The first-order chi connectivity index (χ1) is 11.1. The smallest absolute Gasteiger partial charge is 0.291 e. The number of benzene rings is 2. The monoisotopic (exact) mass is 325 g/mol. The molecular weight excluding hydrogens is 306 g/mol. The Kier molecular flexibility index (Phi) is 4.44. The fourth-order valence-electron chi connectivity index (χ4n) is 2.58. The predicted molar refractivity (Wildman–Crippen MR) is 96.5 cm³/mol. The number of anilines is 1.